The zero-order valence-corrected chi connectivity index (χ0v) is 14.9. The summed E-state index contributed by atoms with van der Waals surface area (Å²) in [4.78, 5) is 4.58. The number of hydrogen-bond donors (Lipinski definition) is 1. The largest absolute Gasteiger partial charge is 0.487 e. The van der Waals surface area contributed by atoms with E-state index in [1.54, 1.807) is 11.3 Å². The lowest BCUT2D eigenvalue weighted by molar-refractivity contribution is 0.301. The maximum absolute atomic E-state index is 5.75. The van der Waals surface area contributed by atoms with Crippen LogP contribution < -0.4 is 10.1 Å². The molecule has 3 nitrogen and oxygen atoms in total. The third kappa shape index (κ3) is 5.38. The lowest BCUT2D eigenvalue weighted by Gasteiger charge is -2.19. The highest BCUT2D eigenvalue weighted by atomic mass is 127. The predicted molar refractivity (Wildman–Crippen MR) is 92.2 cm³/mol. The van der Waals surface area contributed by atoms with Gasteiger partial charge in [-0.15, -0.1) is 11.3 Å². The summed E-state index contributed by atoms with van der Waals surface area (Å²) in [5.74, 6) is 0.888. The van der Waals surface area contributed by atoms with Crippen LogP contribution in [0.5, 0.6) is 5.75 Å². The molecule has 0 unspecified atom stereocenters. The zero-order valence-electron chi connectivity index (χ0n) is 11.9. The average molecular weight is 402 g/mol. The Hall–Kier alpha value is -0.660. The van der Waals surface area contributed by atoms with Gasteiger partial charge < -0.3 is 10.1 Å². The van der Waals surface area contributed by atoms with Gasteiger partial charge in [0.25, 0.3) is 0 Å². The van der Waals surface area contributed by atoms with E-state index in [4.69, 9.17) is 4.74 Å². The fourth-order valence-electron chi connectivity index (χ4n) is 1.55. The van der Waals surface area contributed by atoms with Crippen LogP contribution >= 0.6 is 33.9 Å². The number of nitrogens with zero attached hydrogens (tertiary/aromatic N) is 1. The van der Waals surface area contributed by atoms with Crippen molar-refractivity contribution in [2.75, 3.05) is 0 Å². The van der Waals surface area contributed by atoms with Crippen molar-refractivity contribution in [3.8, 4) is 5.75 Å². The second-order valence-corrected chi connectivity index (χ2v) is 7.77. The lowest BCUT2D eigenvalue weighted by Crippen LogP contribution is -2.35. The lowest BCUT2D eigenvalue weighted by atomic mass is 10.1. The van der Waals surface area contributed by atoms with E-state index < -0.39 is 0 Å². The number of halogens is 1. The second-order valence-electron chi connectivity index (χ2n) is 5.58. The minimum atomic E-state index is 0.114. The molecule has 0 fully saturated rings. The average Bonchev–Trinajstić information content (AvgIpc) is 2.81. The standard InChI is InChI=1S/C15H19IN2OS/c1-15(2,3)17-8-14-18-12(10-20-14)9-19-13-6-4-5-11(16)7-13/h4-7,10,17H,8-9H2,1-3H3. The molecule has 108 valence electrons. The fourth-order valence-corrected chi connectivity index (χ4v) is 2.78. The van der Waals surface area contributed by atoms with E-state index >= 15 is 0 Å². The molecule has 0 radical (unpaired) electrons. The van der Waals surface area contributed by atoms with Gasteiger partial charge in [0.05, 0.1) is 5.69 Å². The fraction of sp³-hybridized carbons (Fsp3) is 0.400. The number of rotatable bonds is 5. The molecule has 1 aromatic carbocycles. The smallest absolute Gasteiger partial charge is 0.131 e. The summed E-state index contributed by atoms with van der Waals surface area (Å²) in [6.45, 7) is 7.79. The van der Waals surface area contributed by atoms with Crippen molar-refractivity contribution in [2.24, 2.45) is 0 Å². The molecule has 2 rings (SSSR count). The van der Waals surface area contributed by atoms with Crippen molar-refractivity contribution in [2.45, 2.75) is 39.5 Å². The Bertz CT molecular complexity index is 563. The molecule has 0 saturated carbocycles. The van der Waals surface area contributed by atoms with Crippen LogP contribution in [0.3, 0.4) is 0 Å². The summed E-state index contributed by atoms with van der Waals surface area (Å²) in [6, 6.07) is 8.04. The number of ether oxygens (including phenoxy) is 1. The normalized spacial score (nSPS) is 11.6. The van der Waals surface area contributed by atoms with Crippen LogP contribution in [0.4, 0.5) is 0 Å². The van der Waals surface area contributed by atoms with Gasteiger partial charge in [0.2, 0.25) is 0 Å². The van der Waals surface area contributed by atoms with Crippen molar-refractivity contribution in [1.82, 2.24) is 10.3 Å². The molecule has 1 aromatic heterocycles. The Balaban J connectivity index is 1.87. The molecule has 1 heterocycles. The van der Waals surface area contributed by atoms with Crippen LogP contribution in [-0.4, -0.2) is 10.5 Å². The SMILES string of the molecule is CC(C)(C)NCc1nc(COc2cccc(I)c2)cs1. The Kier molecular flexibility index (Phi) is 5.40. The number of hydrogen-bond acceptors (Lipinski definition) is 4. The van der Waals surface area contributed by atoms with Gasteiger partial charge >= 0.3 is 0 Å². The molecular weight excluding hydrogens is 383 g/mol. The highest BCUT2D eigenvalue weighted by Crippen LogP contribution is 2.17. The van der Waals surface area contributed by atoms with Gasteiger partial charge in [-0.05, 0) is 61.6 Å². The van der Waals surface area contributed by atoms with Gasteiger partial charge in [-0.25, -0.2) is 4.98 Å². The van der Waals surface area contributed by atoms with Crippen molar-refractivity contribution in [1.29, 1.82) is 0 Å². The van der Waals surface area contributed by atoms with Crippen molar-refractivity contribution < 1.29 is 4.74 Å². The molecule has 0 spiro atoms. The third-order valence-corrected chi connectivity index (χ3v) is 4.12. The summed E-state index contributed by atoms with van der Waals surface area (Å²) in [6.07, 6.45) is 0. The number of benzene rings is 1. The highest BCUT2D eigenvalue weighted by molar-refractivity contribution is 14.1. The molecule has 5 heteroatoms. The zero-order chi connectivity index (χ0) is 14.6. The van der Waals surface area contributed by atoms with Crippen LogP contribution in [0.15, 0.2) is 29.6 Å². The molecule has 0 amide bonds. The minimum Gasteiger partial charge on any atom is -0.487 e. The number of thiazole rings is 1. The molecule has 20 heavy (non-hydrogen) atoms. The maximum atomic E-state index is 5.75. The summed E-state index contributed by atoms with van der Waals surface area (Å²) >= 11 is 3.95. The van der Waals surface area contributed by atoms with E-state index in [2.05, 4.69) is 59.0 Å². The summed E-state index contributed by atoms with van der Waals surface area (Å²) in [5, 5.41) is 6.60. The monoisotopic (exact) mass is 402 g/mol. The van der Waals surface area contributed by atoms with Gasteiger partial charge in [-0.1, -0.05) is 6.07 Å². The van der Waals surface area contributed by atoms with Crippen LogP contribution in [0.2, 0.25) is 0 Å². The second kappa shape index (κ2) is 6.87. The third-order valence-electron chi connectivity index (χ3n) is 2.55. The molecule has 0 bridgehead atoms. The van der Waals surface area contributed by atoms with E-state index in [1.807, 2.05) is 24.3 Å². The van der Waals surface area contributed by atoms with E-state index in [0.717, 1.165) is 23.0 Å². The first-order valence-corrected chi connectivity index (χ1v) is 8.45. The first kappa shape index (κ1) is 15.7. The molecule has 0 aliphatic rings. The van der Waals surface area contributed by atoms with Gasteiger partial charge in [0.1, 0.15) is 17.4 Å². The van der Waals surface area contributed by atoms with E-state index in [-0.39, 0.29) is 5.54 Å². The quantitative estimate of drug-likeness (QED) is 0.761. The van der Waals surface area contributed by atoms with Crippen molar-refractivity contribution in [3.63, 3.8) is 0 Å². The van der Waals surface area contributed by atoms with Gasteiger partial charge in [0, 0.05) is 21.0 Å². The van der Waals surface area contributed by atoms with E-state index in [9.17, 15) is 0 Å². The summed E-state index contributed by atoms with van der Waals surface area (Å²) in [7, 11) is 0. The van der Waals surface area contributed by atoms with Crippen molar-refractivity contribution in [3.05, 3.63) is 43.9 Å². The van der Waals surface area contributed by atoms with Crippen LogP contribution in [0.1, 0.15) is 31.5 Å². The minimum absolute atomic E-state index is 0.114. The molecular formula is C15H19IN2OS. The van der Waals surface area contributed by atoms with Crippen LogP contribution in [0.25, 0.3) is 0 Å². The van der Waals surface area contributed by atoms with Crippen LogP contribution in [0, 0.1) is 3.57 Å². The summed E-state index contributed by atoms with van der Waals surface area (Å²) < 4.78 is 6.93. The number of aromatic nitrogens is 1. The molecule has 0 aliphatic carbocycles. The maximum Gasteiger partial charge on any atom is 0.131 e. The Labute approximate surface area is 137 Å². The van der Waals surface area contributed by atoms with Crippen molar-refractivity contribution >= 4 is 33.9 Å². The first-order valence-electron chi connectivity index (χ1n) is 6.49. The topological polar surface area (TPSA) is 34.2 Å². The van der Waals surface area contributed by atoms with Crippen LogP contribution in [-0.2, 0) is 13.2 Å². The molecule has 1 N–H and O–H groups in total. The van der Waals surface area contributed by atoms with E-state index in [1.165, 1.54) is 3.57 Å². The molecule has 0 saturated heterocycles. The van der Waals surface area contributed by atoms with Gasteiger partial charge in [-0.2, -0.15) is 0 Å². The molecule has 0 aliphatic heterocycles. The Morgan fingerprint density at radius 3 is 2.85 bits per heavy atom. The Morgan fingerprint density at radius 2 is 2.15 bits per heavy atom. The summed E-state index contributed by atoms with van der Waals surface area (Å²) in [5.41, 5.74) is 1.10. The number of nitrogens with one attached hydrogen (secondary N) is 1. The Morgan fingerprint density at radius 1 is 1.35 bits per heavy atom. The first-order chi connectivity index (χ1) is 9.42. The van der Waals surface area contributed by atoms with Gasteiger partial charge in [-0.3, -0.25) is 0 Å². The molecule has 2 aromatic rings. The predicted octanol–water partition coefficient (Wildman–Crippen LogP) is 4.21. The molecule has 0 atom stereocenters. The highest BCUT2D eigenvalue weighted by Gasteiger charge is 2.10. The van der Waals surface area contributed by atoms with E-state index in [0.29, 0.717) is 6.61 Å². The van der Waals surface area contributed by atoms with Gasteiger partial charge in [0.15, 0.2) is 0 Å².